The van der Waals surface area contributed by atoms with E-state index in [2.05, 4.69) is 10.2 Å². The van der Waals surface area contributed by atoms with Gasteiger partial charge in [0.15, 0.2) is 0 Å². The highest BCUT2D eigenvalue weighted by atomic mass is 19.4. The largest absolute Gasteiger partial charge is 0.416 e. The van der Waals surface area contributed by atoms with E-state index in [1.807, 2.05) is 37.4 Å². The first-order valence-corrected chi connectivity index (χ1v) is 9.14. The van der Waals surface area contributed by atoms with E-state index in [1.165, 1.54) is 12.1 Å². The monoisotopic (exact) mass is 393 g/mol. The third-order valence-corrected chi connectivity index (χ3v) is 4.37. The summed E-state index contributed by atoms with van der Waals surface area (Å²) in [6.07, 6.45) is -3.62. The summed E-state index contributed by atoms with van der Waals surface area (Å²) in [6, 6.07) is 15.4. The van der Waals surface area contributed by atoms with Crippen molar-refractivity contribution in [3.63, 3.8) is 0 Å². The van der Waals surface area contributed by atoms with Gasteiger partial charge in [-0.2, -0.15) is 13.2 Å². The smallest absolute Gasteiger partial charge is 0.375 e. The highest BCUT2D eigenvalue weighted by molar-refractivity contribution is 5.77. The van der Waals surface area contributed by atoms with E-state index in [0.29, 0.717) is 6.54 Å². The zero-order valence-corrected chi connectivity index (χ0v) is 16.2. The van der Waals surface area contributed by atoms with Crippen molar-refractivity contribution in [1.82, 2.24) is 10.2 Å². The number of nitrogens with one attached hydrogen (secondary N) is 1. The molecule has 0 aliphatic carbocycles. The van der Waals surface area contributed by atoms with Gasteiger partial charge in [-0.1, -0.05) is 36.4 Å². The van der Waals surface area contributed by atoms with Crippen molar-refractivity contribution in [1.29, 1.82) is 0 Å². The number of nitrogens with zero attached hydrogens (tertiary/aromatic N) is 2. The Morgan fingerprint density at radius 1 is 1.00 bits per heavy atom. The molecule has 1 amide bonds. The molecule has 0 saturated heterocycles. The molecule has 1 N–H and O–H groups in total. The molecule has 0 radical (unpaired) electrons. The van der Waals surface area contributed by atoms with Gasteiger partial charge < -0.3 is 10.2 Å². The average molecular weight is 393 g/mol. The molecule has 2 aromatic carbocycles. The molecule has 0 saturated carbocycles. The minimum absolute atomic E-state index is 0.0424. The molecule has 2 rings (SSSR count). The number of para-hydroxylation sites is 1. The summed E-state index contributed by atoms with van der Waals surface area (Å²) >= 11 is 0. The molecule has 0 aliphatic heterocycles. The van der Waals surface area contributed by atoms with Crippen molar-refractivity contribution >= 4 is 11.6 Å². The Balaban J connectivity index is 1.73. The van der Waals surface area contributed by atoms with Gasteiger partial charge in [0.1, 0.15) is 0 Å². The lowest BCUT2D eigenvalue weighted by Gasteiger charge is -2.20. The van der Waals surface area contributed by atoms with E-state index in [4.69, 9.17) is 0 Å². The lowest BCUT2D eigenvalue weighted by Crippen LogP contribution is -2.36. The molecule has 0 spiro atoms. The van der Waals surface area contributed by atoms with Gasteiger partial charge in [0.05, 0.1) is 12.1 Å². The van der Waals surface area contributed by atoms with Crippen molar-refractivity contribution < 1.29 is 18.0 Å². The van der Waals surface area contributed by atoms with Crippen LogP contribution in [0.15, 0.2) is 54.6 Å². The predicted molar refractivity (Wildman–Crippen MR) is 105 cm³/mol. The van der Waals surface area contributed by atoms with Crippen LogP contribution in [0.4, 0.5) is 18.9 Å². The Kier molecular flexibility index (Phi) is 7.87. The summed E-state index contributed by atoms with van der Waals surface area (Å²) in [5, 5.41) is 2.82. The minimum atomic E-state index is -4.40. The predicted octanol–water partition coefficient (Wildman–Crippen LogP) is 3.78. The number of alkyl halides is 3. The third-order valence-electron chi connectivity index (χ3n) is 4.37. The van der Waals surface area contributed by atoms with Crippen LogP contribution in [0.5, 0.6) is 0 Å². The maximum Gasteiger partial charge on any atom is 0.416 e. The number of carbonyl (C=O) groups excluding carboxylic acids is 1. The summed E-state index contributed by atoms with van der Waals surface area (Å²) in [5.41, 5.74) is 0.609. The summed E-state index contributed by atoms with van der Waals surface area (Å²) in [6.45, 7) is 1.41. The third kappa shape index (κ3) is 6.88. The molecule has 0 heterocycles. The zero-order valence-electron chi connectivity index (χ0n) is 16.2. The molecule has 2 aromatic rings. The summed E-state index contributed by atoms with van der Waals surface area (Å²) in [4.78, 5) is 15.7. The van der Waals surface area contributed by atoms with Gasteiger partial charge in [-0.3, -0.25) is 9.69 Å². The lowest BCUT2D eigenvalue weighted by atomic mass is 10.1. The first kappa shape index (κ1) is 21.8. The van der Waals surface area contributed by atoms with Crippen molar-refractivity contribution in [2.24, 2.45) is 0 Å². The number of anilines is 1. The molecule has 0 atom stereocenters. The van der Waals surface area contributed by atoms with Crippen LogP contribution in [0.2, 0.25) is 0 Å². The van der Waals surface area contributed by atoms with E-state index in [-0.39, 0.29) is 24.6 Å². The number of hydrogen-bond acceptors (Lipinski definition) is 3. The molecule has 0 aliphatic rings. The second-order valence-corrected chi connectivity index (χ2v) is 6.79. The molecule has 28 heavy (non-hydrogen) atoms. The highest BCUT2D eigenvalue weighted by Gasteiger charge is 2.33. The molecule has 7 heteroatoms. The van der Waals surface area contributed by atoms with E-state index in [9.17, 15) is 18.0 Å². The fraction of sp³-hybridized carbons (Fsp3) is 0.381. The van der Waals surface area contributed by atoms with Crippen LogP contribution in [-0.2, 0) is 17.5 Å². The number of halogens is 3. The average Bonchev–Trinajstić information content (AvgIpc) is 2.65. The van der Waals surface area contributed by atoms with E-state index < -0.39 is 11.7 Å². The Morgan fingerprint density at radius 2 is 1.64 bits per heavy atom. The van der Waals surface area contributed by atoms with Gasteiger partial charge in [-0.05, 0) is 37.2 Å². The van der Waals surface area contributed by atoms with Crippen LogP contribution in [0.25, 0.3) is 0 Å². The number of amides is 1. The fourth-order valence-corrected chi connectivity index (χ4v) is 2.94. The molecule has 0 bridgehead atoms. The van der Waals surface area contributed by atoms with E-state index in [1.54, 1.807) is 18.0 Å². The van der Waals surface area contributed by atoms with Crippen molar-refractivity contribution in [3.05, 3.63) is 65.7 Å². The summed E-state index contributed by atoms with van der Waals surface area (Å²) < 4.78 is 39.2. The lowest BCUT2D eigenvalue weighted by molar-refractivity contribution is -0.138. The van der Waals surface area contributed by atoms with Crippen molar-refractivity contribution in [2.75, 3.05) is 38.6 Å². The van der Waals surface area contributed by atoms with Crippen LogP contribution >= 0.6 is 0 Å². The van der Waals surface area contributed by atoms with Crippen LogP contribution < -0.4 is 10.2 Å². The number of carbonyl (C=O) groups is 1. The van der Waals surface area contributed by atoms with Gasteiger partial charge in [0, 0.05) is 32.4 Å². The van der Waals surface area contributed by atoms with Gasteiger partial charge in [0.25, 0.3) is 0 Å². The SMILES string of the molecule is CN(CC(=O)NCCCN(C)c1ccccc1)Cc1ccccc1C(F)(F)F. The van der Waals surface area contributed by atoms with Gasteiger partial charge in [0.2, 0.25) is 5.91 Å². The number of likely N-dealkylation sites (N-methyl/N-ethyl adjacent to an activating group) is 1. The molecular weight excluding hydrogens is 367 g/mol. The molecule has 0 aromatic heterocycles. The number of benzene rings is 2. The standard InChI is InChI=1S/C21H26F3N3O/c1-26(15-17-9-6-7-12-19(17)21(22,23)24)16-20(28)25-13-8-14-27(2)18-10-4-3-5-11-18/h3-7,9-12H,8,13-16H2,1-2H3,(H,25,28). The molecular formula is C21H26F3N3O. The van der Waals surface area contributed by atoms with Gasteiger partial charge in [-0.15, -0.1) is 0 Å². The van der Waals surface area contributed by atoms with Gasteiger partial charge >= 0.3 is 6.18 Å². The topological polar surface area (TPSA) is 35.6 Å². The first-order chi connectivity index (χ1) is 13.3. The van der Waals surface area contributed by atoms with Crippen LogP contribution in [0, 0.1) is 0 Å². The van der Waals surface area contributed by atoms with Gasteiger partial charge in [-0.25, -0.2) is 0 Å². The Morgan fingerprint density at radius 3 is 2.32 bits per heavy atom. The number of rotatable bonds is 9. The van der Waals surface area contributed by atoms with Crippen LogP contribution in [-0.4, -0.2) is 44.5 Å². The molecule has 0 fully saturated rings. The Bertz CT molecular complexity index is 750. The van der Waals surface area contributed by atoms with Crippen molar-refractivity contribution in [2.45, 2.75) is 19.1 Å². The molecule has 4 nitrogen and oxygen atoms in total. The minimum Gasteiger partial charge on any atom is -0.375 e. The highest BCUT2D eigenvalue weighted by Crippen LogP contribution is 2.32. The maximum absolute atomic E-state index is 13.1. The second-order valence-electron chi connectivity index (χ2n) is 6.79. The van der Waals surface area contributed by atoms with Crippen LogP contribution in [0.3, 0.4) is 0 Å². The van der Waals surface area contributed by atoms with Crippen LogP contribution in [0.1, 0.15) is 17.5 Å². The van der Waals surface area contributed by atoms with Crippen molar-refractivity contribution in [3.8, 4) is 0 Å². The zero-order chi connectivity index (χ0) is 20.6. The normalized spacial score (nSPS) is 11.5. The quantitative estimate of drug-likeness (QED) is 0.659. The van der Waals surface area contributed by atoms with E-state index >= 15 is 0 Å². The summed E-state index contributed by atoms with van der Waals surface area (Å²) in [5.74, 6) is -0.200. The molecule has 0 unspecified atom stereocenters. The second kappa shape index (κ2) is 10.1. The summed E-state index contributed by atoms with van der Waals surface area (Å²) in [7, 11) is 3.62. The fourth-order valence-electron chi connectivity index (χ4n) is 2.94. The Labute approximate surface area is 164 Å². The maximum atomic E-state index is 13.1. The Hall–Kier alpha value is -2.54. The first-order valence-electron chi connectivity index (χ1n) is 9.14. The van der Waals surface area contributed by atoms with E-state index in [0.717, 1.165) is 24.7 Å². The molecule has 152 valence electrons. The number of hydrogen-bond donors (Lipinski definition) is 1.